The lowest BCUT2D eigenvalue weighted by molar-refractivity contribution is 0.304. The van der Waals surface area contributed by atoms with E-state index in [0.29, 0.717) is 0 Å². The van der Waals surface area contributed by atoms with E-state index >= 15 is 0 Å². The van der Waals surface area contributed by atoms with Gasteiger partial charge in [-0.25, -0.2) is 0 Å². The molecule has 0 unspecified atom stereocenters. The summed E-state index contributed by atoms with van der Waals surface area (Å²) in [5.74, 6) is 0.979. The monoisotopic (exact) mass is 154 g/mol. The number of hydrogen-bond acceptors (Lipinski definition) is 1. The van der Waals surface area contributed by atoms with Crippen molar-refractivity contribution in [3.05, 3.63) is 23.5 Å². The highest BCUT2D eigenvalue weighted by Gasteiger charge is 1.89. The fourth-order valence-corrected chi connectivity index (χ4v) is 0.747. The smallest absolute Gasteiger partial charge is 0.114 e. The SMILES string of the molecule is CC/C=C(\C=C(\C)CC)OC. The van der Waals surface area contributed by atoms with Gasteiger partial charge in [-0.15, -0.1) is 0 Å². The zero-order chi connectivity index (χ0) is 8.69. The first-order valence-corrected chi connectivity index (χ1v) is 4.15. The van der Waals surface area contributed by atoms with Gasteiger partial charge >= 0.3 is 0 Å². The van der Waals surface area contributed by atoms with E-state index in [-0.39, 0.29) is 0 Å². The van der Waals surface area contributed by atoms with Gasteiger partial charge in [-0.2, -0.15) is 0 Å². The molecule has 0 aliphatic heterocycles. The van der Waals surface area contributed by atoms with Crippen LogP contribution in [0, 0.1) is 0 Å². The molecular formula is C10H18O. The molecule has 0 aromatic heterocycles. The topological polar surface area (TPSA) is 9.23 Å². The van der Waals surface area contributed by atoms with Crippen molar-refractivity contribution in [1.29, 1.82) is 0 Å². The molecule has 0 heterocycles. The molecule has 0 fully saturated rings. The van der Waals surface area contributed by atoms with Crippen molar-refractivity contribution in [3.8, 4) is 0 Å². The molecule has 0 saturated carbocycles. The van der Waals surface area contributed by atoms with Crippen LogP contribution in [0.4, 0.5) is 0 Å². The van der Waals surface area contributed by atoms with Crippen LogP contribution in [0.25, 0.3) is 0 Å². The second-order valence-corrected chi connectivity index (χ2v) is 2.56. The Labute approximate surface area is 69.8 Å². The van der Waals surface area contributed by atoms with E-state index in [9.17, 15) is 0 Å². The summed E-state index contributed by atoms with van der Waals surface area (Å²) in [6, 6.07) is 0. The summed E-state index contributed by atoms with van der Waals surface area (Å²) in [5, 5.41) is 0. The van der Waals surface area contributed by atoms with Crippen molar-refractivity contribution in [3.63, 3.8) is 0 Å². The number of ether oxygens (including phenoxy) is 1. The van der Waals surface area contributed by atoms with Crippen LogP contribution >= 0.6 is 0 Å². The normalized spacial score (nSPS) is 13.5. The summed E-state index contributed by atoms with van der Waals surface area (Å²) in [4.78, 5) is 0. The fourth-order valence-electron chi connectivity index (χ4n) is 0.747. The minimum atomic E-state index is 0.979. The summed E-state index contributed by atoms with van der Waals surface area (Å²) in [7, 11) is 1.71. The third-order valence-corrected chi connectivity index (χ3v) is 1.59. The molecule has 0 aromatic rings. The molecule has 1 nitrogen and oxygen atoms in total. The van der Waals surface area contributed by atoms with Crippen LogP contribution in [0.1, 0.15) is 33.6 Å². The van der Waals surface area contributed by atoms with Gasteiger partial charge in [0.25, 0.3) is 0 Å². The molecule has 0 N–H and O–H groups in total. The highest BCUT2D eigenvalue weighted by atomic mass is 16.5. The molecule has 0 amide bonds. The van der Waals surface area contributed by atoms with Crippen molar-refractivity contribution in [1.82, 2.24) is 0 Å². The molecule has 0 bridgehead atoms. The van der Waals surface area contributed by atoms with Crippen molar-refractivity contribution < 1.29 is 4.74 Å². The van der Waals surface area contributed by atoms with Crippen LogP contribution in [0.2, 0.25) is 0 Å². The van der Waals surface area contributed by atoms with E-state index in [2.05, 4.69) is 32.9 Å². The van der Waals surface area contributed by atoms with Crippen molar-refractivity contribution >= 4 is 0 Å². The van der Waals surface area contributed by atoms with Gasteiger partial charge in [-0.05, 0) is 31.9 Å². The molecule has 0 rings (SSSR count). The molecule has 0 saturated heterocycles. The Hall–Kier alpha value is -0.720. The maximum atomic E-state index is 5.15. The molecule has 0 atom stereocenters. The minimum Gasteiger partial charge on any atom is -0.497 e. The largest absolute Gasteiger partial charge is 0.497 e. The van der Waals surface area contributed by atoms with Gasteiger partial charge in [0.15, 0.2) is 0 Å². The summed E-state index contributed by atoms with van der Waals surface area (Å²) in [5.41, 5.74) is 1.35. The zero-order valence-corrected chi connectivity index (χ0v) is 7.98. The number of allylic oxidation sites excluding steroid dienone is 3. The van der Waals surface area contributed by atoms with Crippen molar-refractivity contribution in [2.75, 3.05) is 7.11 Å². The molecule has 0 spiro atoms. The highest BCUT2D eigenvalue weighted by molar-refractivity contribution is 5.16. The van der Waals surface area contributed by atoms with E-state index in [0.717, 1.165) is 18.6 Å². The first-order chi connectivity index (χ1) is 5.24. The second-order valence-electron chi connectivity index (χ2n) is 2.56. The summed E-state index contributed by atoms with van der Waals surface area (Å²) < 4.78 is 5.15. The Morgan fingerprint density at radius 1 is 1.36 bits per heavy atom. The van der Waals surface area contributed by atoms with Gasteiger partial charge in [0, 0.05) is 0 Å². The molecule has 64 valence electrons. The van der Waals surface area contributed by atoms with E-state index < -0.39 is 0 Å². The van der Waals surface area contributed by atoms with Gasteiger partial charge in [-0.1, -0.05) is 19.4 Å². The number of methoxy groups -OCH3 is 1. The van der Waals surface area contributed by atoms with Gasteiger partial charge in [0.2, 0.25) is 0 Å². The third kappa shape index (κ3) is 4.65. The summed E-state index contributed by atoms with van der Waals surface area (Å²) in [6.45, 7) is 6.36. The van der Waals surface area contributed by atoms with Crippen LogP contribution in [0.5, 0.6) is 0 Å². The lowest BCUT2D eigenvalue weighted by Gasteiger charge is -2.01. The van der Waals surface area contributed by atoms with Crippen molar-refractivity contribution in [2.24, 2.45) is 0 Å². The Kier molecular flexibility index (Phi) is 5.63. The molecular weight excluding hydrogens is 136 g/mol. The highest BCUT2D eigenvalue weighted by Crippen LogP contribution is 2.06. The maximum Gasteiger partial charge on any atom is 0.114 e. The van der Waals surface area contributed by atoms with E-state index in [1.54, 1.807) is 7.11 Å². The molecule has 11 heavy (non-hydrogen) atoms. The van der Waals surface area contributed by atoms with Gasteiger partial charge in [0.05, 0.1) is 7.11 Å². The third-order valence-electron chi connectivity index (χ3n) is 1.59. The van der Waals surface area contributed by atoms with Gasteiger partial charge in [0.1, 0.15) is 5.76 Å². The number of hydrogen-bond donors (Lipinski definition) is 0. The van der Waals surface area contributed by atoms with E-state index in [4.69, 9.17) is 4.74 Å². The lowest BCUT2D eigenvalue weighted by atomic mass is 10.2. The summed E-state index contributed by atoms with van der Waals surface area (Å²) >= 11 is 0. The van der Waals surface area contributed by atoms with Crippen LogP contribution in [-0.4, -0.2) is 7.11 Å². The molecule has 0 aliphatic carbocycles. The predicted octanol–water partition coefficient (Wildman–Crippen LogP) is 3.28. The zero-order valence-electron chi connectivity index (χ0n) is 7.98. The van der Waals surface area contributed by atoms with Crippen molar-refractivity contribution in [2.45, 2.75) is 33.6 Å². The second kappa shape index (κ2) is 6.02. The Balaban J connectivity index is 4.17. The Morgan fingerprint density at radius 3 is 2.36 bits per heavy atom. The van der Waals surface area contributed by atoms with Crippen LogP contribution in [0.3, 0.4) is 0 Å². The average Bonchev–Trinajstić information content (AvgIpc) is 2.03. The predicted molar refractivity (Wildman–Crippen MR) is 49.4 cm³/mol. The standard InChI is InChI=1S/C10H18O/c1-5-7-10(11-4)8-9(3)6-2/h7-8H,5-6H2,1-4H3/b9-8-,10-7+. The summed E-state index contributed by atoms with van der Waals surface area (Å²) in [6.07, 6.45) is 6.28. The molecule has 0 aliphatic rings. The molecule has 1 heteroatoms. The average molecular weight is 154 g/mol. The Morgan fingerprint density at radius 2 is 2.00 bits per heavy atom. The minimum absolute atomic E-state index is 0.979. The Bertz CT molecular complexity index is 154. The number of rotatable bonds is 4. The fraction of sp³-hybridized carbons (Fsp3) is 0.600. The first-order valence-electron chi connectivity index (χ1n) is 4.15. The van der Waals surface area contributed by atoms with Gasteiger partial charge in [-0.3, -0.25) is 0 Å². The first kappa shape index (κ1) is 10.3. The van der Waals surface area contributed by atoms with Crippen LogP contribution in [0.15, 0.2) is 23.5 Å². The quantitative estimate of drug-likeness (QED) is 0.446. The van der Waals surface area contributed by atoms with Crippen LogP contribution in [-0.2, 0) is 4.74 Å². The lowest BCUT2D eigenvalue weighted by Crippen LogP contribution is -1.83. The maximum absolute atomic E-state index is 5.15. The molecule has 0 radical (unpaired) electrons. The molecule has 0 aromatic carbocycles. The van der Waals surface area contributed by atoms with E-state index in [1.807, 2.05) is 0 Å². The van der Waals surface area contributed by atoms with Gasteiger partial charge < -0.3 is 4.74 Å². The van der Waals surface area contributed by atoms with Crippen LogP contribution < -0.4 is 0 Å². The van der Waals surface area contributed by atoms with E-state index in [1.165, 1.54) is 5.57 Å².